The number of aliphatic hydroxyl groups is 1. The van der Waals surface area contributed by atoms with Crippen LogP contribution in [-0.4, -0.2) is 33.6 Å². The summed E-state index contributed by atoms with van der Waals surface area (Å²) in [5, 5.41) is 28.0. The molecule has 1 atom stereocenters. The van der Waals surface area contributed by atoms with E-state index in [1.807, 2.05) is 33.8 Å². The zero-order valence-electron chi connectivity index (χ0n) is 12.9. The van der Waals surface area contributed by atoms with E-state index in [4.69, 9.17) is 5.26 Å². The van der Waals surface area contributed by atoms with Gasteiger partial charge in [-0.1, -0.05) is 13.8 Å². The number of carbonyl (C=O) groups is 1. The van der Waals surface area contributed by atoms with E-state index in [1.54, 1.807) is 10.9 Å². The van der Waals surface area contributed by atoms with Crippen molar-refractivity contribution >= 4 is 11.8 Å². The number of amides is 2. The number of aliphatic hydroxyl groups excluding tert-OH is 1. The fourth-order valence-electron chi connectivity index (χ4n) is 1.82. The van der Waals surface area contributed by atoms with Gasteiger partial charge in [-0.15, -0.1) is 0 Å². The minimum atomic E-state index is -0.584. The highest BCUT2D eigenvalue weighted by Crippen LogP contribution is 2.15. The zero-order chi connectivity index (χ0) is 16.0. The fraction of sp³-hybridized carbons (Fsp3) is 0.643. The quantitative estimate of drug-likeness (QED) is 0.744. The minimum Gasteiger partial charge on any atom is -0.391 e. The molecule has 1 unspecified atom stereocenters. The predicted molar refractivity (Wildman–Crippen MR) is 79.8 cm³/mol. The topological polar surface area (TPSA) is 103 Å². The SMILES string of the molecule is CC(C)CC(O)CNC(=O)Nc1nn(C(C)C)cc1C#N. The monoisotopic (exact) mass is 293 g/mol. The average molecular weight is 293 g/mol. The summed E-state index contributed by atoms with van der Waals surface area (Å²) in [6.45, 7) is 8.03. The Morgan fingerprint density at radius 1 is 1.48 bits per heavy atom. The van der Waals surface area contributed by atoms with Gasteiger partial charge in [0.2, 0.25) is 0 Å². The van der Waals surface area contributed by atoms with E-state index >= 15 is 0 Å². The molecule has 0 aliphatic rings. The van der Waals surface area contributed by atoms with Crippen molar-refractivity contribution in [1.82, 2.24) is 15.1 Å². The summed E-state index contributed by atoms with van der Waals surface area (Å²) < 4.78 is 1.61. The summed E-state index contributed by atoms with van der Waals surface area (Å²) in [5.74, 6) is 0.582. The van der Waals surface area contributed by atoms with Crippen LogP contribution in [0.1, 0.15) is 45.7 Å². The Hall–Kier alpha value is -2.07. The molecule has 7 heteroatoms. The highest BCUT2D eigenvalue weighted by atomic mass is 16.3. The van der Waals surface area contributed by atoms with Gasteiger partial charge in [0.15, 0.2) is 5.82 Å². The van der Waals surface area contributed by atoms with Gasteiger partial charge in [-0.3, -0.25) is 10.00 Å². The number of urea groups is 1. The highest BCUT2D eigenvalue weighted by Gasteiger charge is 2.14. The zero-order valence-corrected chi connectivity index (χ0v) is 12.9. The van der Waals surface area contributed by atoms with Crippen molar-refractivity contribution in [3.8, 4) is 6.07 Å². The molecule has 1 heterocycles. The Balaban J connectivity index is 2.57. The molecule has 0 aliphatic heterocycles. The van der Waals surface area contributed by atoms with Crippen molar-refractivity contribution in [3.05, 3.63) is 11.8 Å². The number of hydrogen-bond acceptors (Lipinski definition) is 4. The lowest BCUT2D eigenvalue weighted by atomic mass is 10.1. The van der Waals surface area contributed by atoms with Crippen LogP contribution in [0.4, 0.5) is 10.6 Å². The first-order chi connectivity index (χ1) is 9.83. The fourth-order valence-corrected chi connectivity index (χ4v) is 1.82. The van der Waals surface area contributed by atoms with E-state index in [9.17, 15) is 9.90 Å². The van der Waals surface area contributed by atoms with E-state index in [1.165, 1.54) is 0 Å². The van der Waals surface area contributed by atoms with Crippen LogP contribution in [-0.2, 0) is 0 Å². The number of carbonyl (C=O) groups excluding carboxylic acids is 1. The van der Waals surface area contributed by atoms with Gasteiger partial charge in [0.1, 0.15) is 11.6 Å². The molecule has 0 aliphatic carbocycles. The second kappa shape index (κ2) is 7.64. The predicted octanol–water partition coefficient (Wildman–Crippen LogP) is 1.86. The summed E-state index contributed by atoms with van der Waals surface area (Å²) in [7, 11) is 0. The molecule has 116 valence electrons. The molecule has 1 aromatic heterocycles. The molecule has 0 saturated carbocycles. The van der Waals surface area contributed by atoms with Crippen LogP contribution >= 0.6 is 0 Å². The van der Waals surface area contributed by atoms with Gasteiger partial charge >= 0.3 is 6.03 Å². The molecule has 0 bridgehead atoms. The van der Waals surface area contributed by atoms with Crippen LogP contribution in [0.5, 0.6) is 0 Å². The molecule has 3 N–H and O–H groups in total. The molecule has 1 rings (SSSR count). The Bertz CT molecular complexity index is 516. The van der Waals surface area contributed by atoms with Gasteiger partial charge in [0.05, 0.1) is 6.10 Å². The molecule has 0 saturated heterocycles. The number of rotatable bonds is 6. The normalized spacial score (nSPS) is 12.3. The molecular weight excluding hydrogens is 270 g/mol. The first-order valence-corrected chi connectivity index (χ1v) is 7.05. The smallest absolute Gasteiger partial charge is 0.320 e. The lowest BCUT2D eigenvalue weighted by Crippen LogP contribution is -2.36. The van der Waals surface area contributed by atoms with Crippen molar-refractivity contribution in [2.24, 2.45) is 5.92 Å². The molecule has 0 fully saturated rings. The van der Waals surface area contributed by atoms with Crippen molar-refractivity contribution in [2.75, 3.05) is 11.9 Å². The summed E-state index contributed by atoms with van der Waals surface area (Å²) in [5.41, 5.74) is 0.307. The Morgan fingerprint density at radius 2 is 2.14 bits per heavy atom. The third-order valence-electron chi connectivity index (χ3n) is 2.86. The molecule has 0 aromatic carbocycles. The van der Waals surface area contributed by atoms with E-state index in [2.05, 4.69) is 15.7 Å². The maximum absolute atomic E-state index is 11.8. The molecule has 2 amide bonds. The Morgan fingerprint density at radius 3 is 2.67 bits per heavy atom. The van der Waals surface area contributed by atoms with Crippen LogP contribution in [0.3, 0.4) is 0 Å². The number of aromatic nitrogens is 2. The Labute approximate surface area is 125 Å². The lowest BCUT2D eigenvalue weighted by Gasteiger charge is -2.13. The molecule has 0 spiro atoms. The van der Waals surface area contributed by atoms with Crippen LogP contribution in [0, 0.1) is 17.2 Å². The van der Waals surface area contributed by atoms with Gasteiger partial charge in [-0.05, 0) is 26.2 Å². The number of anilines is 1. The molecule has 21 heavy (non-hydrogen) atoms. The minimum absolute atomic E-state index is 0.101. The van der Waals surface area contributed by atoms with E-state index < -0.39 is 12.1 Å². The third kappa shape index (κ3) is 5.44. The number of nitriles is 1. The van der Waals surface area contributed by atoms with Gasteiger partial charge in [0, 0.05) is 18.8 Å². The summed E-state index contributed by atoms with van der Waals surface area (Å²) >= 11 is 0. The van der Waals surface area contributed by atoms with Crippen LogP contribution in [0.25, 0.3) is 0 Å². The van der Waals surface area contributed by atoms with E-state index in [0.717, 1.165) is 0 Å². The van der Waals surface area contributed by atoms with Gasteiger partial charge in [0.25, 0.3) is 0 Å². The summed E-state index contributed by atoms with van der Waals surface area (Å²) in [6, 6.07) is 1.61. The second-order valence-corrected chi connectivity index (χ2v) is 5.70. The lowest BCUT2D eigenvalue weighted by molar-refractivity contribution is 0.148. The number of nitrogens with zero attached hydrogens (tertiary/aromatic N) is 3. The first kappa shape index (κ1) is 17.0. The molecule has 1 aromatic rings. The molecular formula is C14H23N5O2. The number of nitrogens with one attached hydrogen (secondary N) is 2. The van der Waals surface area contributed by atoms with Crippen molar-refractivity contribution < 1.29 is 9.90 Å². The van der Waals surface area contributed by atoms with Crippen molar-refractivity contribution in [3.63, 3.8) is 0 Å². The average Bonchev–Trinajstić information content (AvgIpc) is 2.79. The maximum Gasteiger partial charge on any atom is 0.320 e. The van der Waals surface area contributed by atoms with E-state index in [0.29, 0.717) is 17.9 Å². The standard InChI is InChI=1S/C14H23N5O2/c1-9(2)5-12(20)7-16-14(21)17-13-11(6-15)8-19(18-13)10(3)4/h8-10,12,20H,5,7H2,1-4H3,(H2,16,17,18,21). The van der Waals surface area contributed by atoms with Crippen LogP contribution in [0.15, 0.2) is 6.20 Å². The first-order valence-electron chi connectivity index (χ1n) is 7.05. The van der Waals surface area contributed by atoms with Crippen molar-refractivity contribution in [2.45, 2.75) is 46.3 Å². The van der Waals surface area contributed by atoms with Crippen molar-refractivity contribution in [1.29, 1.82) is 5.26 Å². The molecule has 0 radical (unpaired) electrons. The summed E-state index contributed by atoms with van der Waals surface area (Å²) in [6.07, 6.45) is 1.62. The maximum atomic E-state index is 11.8. The highest BCUT2D eigenvalue weighted by molar-refractivity contribution is 5.89. The van der Waals surface area contributed by atoms with Crippen LogP contribution in [0.2, 0.25) is 0 Å². The summed E-state index contributed by atoms with van der Waals surface area (Å²) in [4.78, 5) is 11.8. The molecule has 7 nitrogen and oxygen atoms in total. The third-order valence-corrected chi connectivity index (χ3v) is 2.86. The second-order valence-electron chi connectivity index (χ2n) is 5.70. The van der Waals surface area contributed by atoms with E-state index in [-0.39, 0.29) is 18.4 Å². The number of hydrogen-bond donors (Lipinski definition) is 3. The van der Waals surface area contributed by atoms with Gasteiger partial charge in [-0.2, -0.15) is 10.4 Å². The van der Waals surface area contributed by atoms with Gasteiger partial charge < -0.3 is 10.4 Å². The van der Waals surface area contributed by atoms with Gasteiger partial charge in [-0.25, -0.2) is 4.79 Å². The Kier molecular flexibility index (Phi) is 6.18. The largest absolute Gasteiger partial charge is 0.391 e. The van der Waals surface area contributed by atoms with Crippen LogP contribution < -0.4 is 10.6 Å².